The molecule has 2 unspecified atom stereocenters. The van der Waals surface area contributed by atoms with E-state index in [1.165, 1.54) is 6.07 Å². The van der Waals surface area contributed by atoms with Crippen LogP contribution in [-0.2, 0) is 33.3 Å². The molecule has 0 heterocycles. The minimum absolute atomic E-state index is 0.0239. The van der Waals surface area contributed by atoms with E-state index in [0.717, 1.165) is 51.6 Å². The van der Waals surface area contributed by atoms with Crippen LogP contribution >= 0.6 is 0 Å². The second-order valence-electron chi connectivity index (χ2n) is 10.6. The molecule has 216 valence electrons. The van der Waals surface area contributed by atoms with Crippen molar-refractivity contribution in [3.63, 3.8) is 0 Å². The summed E-state index contributed by atoms with van der Waals surface area (Å²) in [5.41, 5.74) is 0.568. The number of carbonyl (C=O) groups excluding carboxylic acids is 4. The van der Waals surface area contributed by atoms with Crippen LogP contribution in [0.5, 0.6) is 0 Å². The molecule has 2 aliphatic rings. The average Bonchev–Trinajstić information content (AvgIpc) is 2.96. The predicted molar refractivity (Wildman–Crippen MR) is 142 cm³/mol. The van der Waals surface area contributed by atoms with Gasteiger partial charge in [0.15, 0.2) is 0 Å². The van der Waals surface area contributed by atoms with Crippen molar-refractivity contribution in [3.8, 4) is 0 Å². The lowest BCUT2D eigenvalue weighted by Gasteiger charge is -2.27. The Kier molecular flexibility index (Phi) is 12.9. The van der Waals surface area contributed by atoms with Crippen LogP contribution in [0.3, 0.4) is 0 Å². The third-order valence-electron chi connectivity index (χ3n) is 7.67. The van der Waals surface area contributed by atoms with Crippen molar-refractivity contribution in [1.29, 1.82) is 0 Å². The average molecular weight is 547 g/mol. The third-order valence-corrected chi connectivity index (χ3v) is 7.67. The number of rotatable bonds is 14. The summed E-state index contributed by atoms with van der Waals surface area (Å²) in [5.74, 6) is -0.521. The summed E-state index contributed by atoms with van der Waals surface area (Å²) in [4.78, 5) is 48.7. The van der Waals surface area contributed by atoms with Gasteiger partial charge in [0.1, 0.15) is 19.0 Å². The first-order valence-electron chi connectivity index (χ1n) is 14.1. The highest BCUT2D eigenvalue weighted by Gasteiger charge is 2.30. The Morgan fingerprint density at radius 3 is 1.97 bits per heavy atom. The molecule has 3 rings (SSSR count). The largest absolute Gasteiger partial charge is 0.463 e. The summed E-state index contributed by atoms with van der Waals surface area (Å²) >= 11 is 0. The van der Waals surface area contributed by atoms with Crippen LogP contribution in [-0.4, -0.2) is 70.4 Å². The lowest BCUT2D eigenvalue weighted by atomic mass is 9.80. The summed E-state index contributed by atoms with van der Waals surface area (Å²) in [7, 11) is 1.72. The fourth-order valence-corrected chi connectivity index (χ4v) is 5.32. The highest BCUT2D eigenvalue weighted by Crippen LogP contribution is 2.31. The van der Waals surface area contributed by atoms with Gasteiger partial charge < -0.3 is 23.7 Å². The quantitative estimate of drug-likeness (QED) is 0.190. The maximum absolute atomic E-state index is 12.5. The van der Waals surface area contributed by atoms with Crippen molar-refractivity contribution in [2.45, 2.75) is 58.3 Å². The molecule has 9 nitrogen and oxygen atoms in total. The maximum Gasteiger partial charge on any atom is 0.338 e. The molecule has 1 aromatic carbocycles. The van der Waals surface area contributed by atoms with Crippen LogP contribution in [0.4, 0.5) is 0 Å². The van der Waals surface area contributed by atoms with E-state index >= 15 is 0 Å². The molecule has 0 saturated heterocycles. The molecule has 2 aliphatic carbocycles. The monoisotopic (exact) mass is 546 g/mol. The van der Waals surface area contributed by atoms with E-state index in [9.17, 15) is 19.2 Å². The number of ether oxygens (including phenoxy) is 5. The molecule has 0 amide bonds. The molecule has 0 bridgehead atoms. The topological polar surface area (TPSA) is 114 Å². The molecule has 2 saturated carbocycles. The normalized spacial score (nSPS) is 23.0. The Labute approximate surface area is 230 Å². The third kappa shape index (κ3) is 10.4. The fourth-order valence-electron chi connectivity index (χ4n) is 5.32. The Bertz CT molecular complexity index is 952. The van der Waals surface area contributed by atoms with Gasteiger partial charge in [0.25, 0.3) is 0 Å². The number of hydrogen-bond acceptors (Lipinski definition) is 9. The summed E-state index contributed by atoms with van der Waals surface area (Å²) in [5, 5.41) is 0. The molecule has 2 fully saturated rings. The molecular formula is C30H42O9. The van der Waals surface area contributed by atoms with Gasteiger partial charge in [-0.15, -0.1) is 0 Å². The molecule has 0 N–H and O–H groups in total. The van der Waals surface area contributed by atoms with E-state index in [4.69, 9.17) is 23.7 Å². The highest BCUT2D eigenvalue weighted by molar-refractivity contribution is 5.95. The van der Waals surface area contributed by atoms with Crippen LogP contribution < -0.4 is 0 Å². The molecule has 0 radical (unpaired) electrons. The van der Waals surface area contributed by atoms with E-state index in [0.29, 0.717) is 30.4 Å². The number of Topliss-reactive ketones (excluding diaryl/α,β-unsaturated/α-hetero) is 1. The van der Waals surface area contributed by atoms with E-state index in [1.807, 2.05) is 0 Å². The zero-order chi connectivity index (χ0) is 28.0. The van der Waals surface area contributed by atoms with Gasteiger partial charge in [-0.05, 0) is 81.9 Å². The Balaban J connectivity index is 1.28. The molecule has 0 aliphatic heterocycles. The van der Waals surface area contributed by atoms with Gasteiger partial charge in [0, 0.05) is 19.6 Å². The first-order valence-corrected chi connectivity index (χ1v) is 14.1. The molecule has 1 aromatic rings. The van der Waals surface area contributed by atoms with Crippen LogP contribution in [0.1, 0.15) is 79.0 Å². The van der Waals surface area contributed by atoms with Gasteiger partial charge in [-0.3, -0.25) is 9.59 Å². The van der Waals surface area contributed by atoms with Crippen molar-refractivity contribution in [2.75, 3.05) is 46.8 Å². The van der Waals surface area contributed by atoms with Gasteiger partial charge in [0.2, 0.25) is 0 Å². The van der Waals surface area contributed by atoms with Gasteiger partial charge in [-0.2, -0.15) is 0 Å². The standard InChI is InChI=1S/C30H42O9/c1-21(31)24-5-3-6-25(17-24)28(32)37-15-13-36-14-16-38-29(33)26-7-4-8-27(18-26)30(34)39-20-23-11-9-22(10-12-23)19-35-2/h4,7-8,18,22-25H,3,5-6,9-17,19-20H2,1-2H3. The zero-order valence-corrected chi connectivity index (χ0v) is 23.2. The summed E-state index contributed by atoms with van der Waals surface area (Å²) in [6.07, 6.45) is 7.18. The number of hydrogen-bond donors (Lipinski definition) is 0. The number of ketones is 1. The molecule has 2 atom stereocenters. The van der Waals surface area contributed by atoms with Gasteiger partial charge in [-0.25, -0.2) is 9.59 Å². The van der Waals surface area contributed by atoms with Crippen molar-refractivity contribution in [2.24, 2.45) is 23.7 Å². The second kappa shape index (κ2) is 16.4. The van der Waals surface area contributed by atoms with Gasteiger partial charge in [-0.1, -0.05) is 12.5 Å². The first kappa shape index (κ1) is 30.8. The second-order valence-corrected chi connectivity index (χ2v) is 10.6. The van der Waals surface area contributed by atoms with Crippen molar-refractivity contribution in [3.05, 3.63) is 35.4 Å². The van der Waals surface area contributed by atoms with Crippen molar-refractivity contribution >= 4 is 23.7 Å². The lowest BCUT2D eigenvalue weighted by molar-refractivity contribution is -0.152. The van der Waals surface area contributed by atoms with E-state index in [-0.39, 0.29) is 55.6 Å². The fraction of sp³-hybridized carbons (Fsp3) is 0.667. The summed E-state index contributed by atoms with van der Waals surface area (Å²) in [6, 6.07) is 6.30. The van der Waals surface area contributed by atoms with Gasteiger partial charge >= 0.3 is 17.9 Å². The first-order chi connectivity index (χ1) is 18.9. The van der Waals surface area contributed by atoms with E-state index < -0.39 is 11.9 Å². The number of methoxy groups -OCH3 is 1. The van der Waals surface area contributed by atoms with Crippen LogP contribution in [0.15, 0.2) is 24.3 Å². The Hall–Kier alpha value is -2.78. The molecular weight excluding hydrogens is 504 g/mol. The SMILES string of the molecule is COCC1CCC(COC(=O)c2cccc(C(=O)OCCOCCOC(=O)C3CCCC(C(C)=O)C3)c2)CC1. The number of carbonyl (C=O) groups is 4. The predicted octanol–water partition coefficient (Wildman–Crippen LogP) is 4.41. The number of benzene rings is 1. The minimum atomic E-state index is -0.562. The summed E-state index contributed by atoms with van der Waals surface area (Å²) < 4.78 is 26.7. The van der Waals surface area contributed by atoms with Crippen molar-refractivity contribution < 1.29 is 42.9 Å². The molecule has 9 heteroatoms. The maximum atomic E-state index is 12.5. The molecule has 39 heavy (non-hydrogen) atoms. The smallest absolute Gasteiger partial charge is 0.338 e. The van der Waals surface area contributed by atoms with Crippen LogP contribution in [0.25, 0.3) is 0 Å². The Morgan fingerprint density at radius 1 is 0.744 bits per heavy atom. The highest BCUT2D eigenvalue weighted by atomic mass is 16.6. The molecule has 0 aromatic heterocycles. The minimum Gasteiger partial charge on any atom is -0.463 e. The van der Waals surface area contributed by atoms with Crippen LogP contribution in [0, 0.1) is 23.7 Å². The van der Waals surface area contributed by atoms with E-state index in [2.05, 4.69) is 0 Å². The van der Waals surface area contributed by atoms with E-state index in [1.54, 1.807) is 32.2 Å². The number of esters is 3. The lowest BCUT2D eigenvalue weighted by Crippen LogP contribution is -2.28. The zero-order valence-electron chi connectivity index (χ0n) is 23.2. The Morgan fingerprint density at radius 2 is 1.33 bits per heavy atom. The van der Waals surface area contributed by atoms with Crippen LogP contribution in [0.2, 0.25) is 0 Å². The summed E-state index contributed by atoms with van der Waals surface area (Å²) in [6.45, 7) is 3.18. The van der Waals surface area contributed by atoms with Gasteiger partial charge in [0.05, 0.1) is 36.9 Å². The van der Waals surface area contributed by atoms with Crippen molar-refractivity contribution in [1.82, 2.24) is 0 Å². The molecule has 0 spiro atoms.